The maximum Gasteiger partial charge on any atom is 0.293 e. The summed E-state index contributed by atoms with van der Waals surface area (Å²) in [5.74, 6) is -0.381. The van der Waals surface area contributed by atoms with Crippen molar-refractivity contribution < 1.29 is 14.5 Å². The molecule has 0 spiro atoms. The van der Waals surface area contributed by atoms with Crippen molar-refractivity contribution in [2.24, 2.45) is 0 Å². The van der Waals surface area contributed by atoms with E-state index in [0.717, 1.165) is 5.69 Å². The summed E-state index contributed by atoms with van der Waals surface area (Å²) in [6.07, 6.45) is 3.09. The Bertz CT molecular complexity index is 960. The predicted octanol–water partition coefficient (Wildman–Crippen LogP) is 2.10. The number of rotatable bonds is 8. The van der Waals surface area contributed by atoms with Crippen LogP contribution in [0.1, 0.15) is 41.9 Å². The van der Waals surface area contributed by atoms with Crippen LogP contribution in [0, 0.1) is 10.1 Å². The SMILES string of the molecule is CNC(=O)CN1CCC(NC(=O)c2ccc(NC(C)c3ccccn3)c([N+](=O)[O-])c2)CC1. The highest BCUT2D eigenvalue weighted by Gasteiger charge is 2.24. The fraction of sp³-hybridized carbons (Fsp3) is 0.409. The molecule has 1 aliphatic rings. The molecule has 1 unspecified atom stereocenters. The number of likely N-dealkylation sites (tertiary alicyclic amines) is 1. The normalized spacial score (nSPS) is 15.6. The zero-order valence-electron chi connectivity index (χ0n) is 18.2. The van der Waals surface area contributed by atoms with Crippen LogP contribution in [0.5, 0.6) is 0 Å². The lowest BCUT2D eigenvalue weighted by molar-refractivity contribution is -0.384. The second-order valence-corrected chi connectivity index (χ2v) is 7.81. The lowest BCUT2D eigenvalue weighted by atomic mass is 10.0. The lowest BCUT2D eigenvalue weighted by Gasteiger charge is -2.31. The predicted molar refractivity (Wildman–Crippen MR) is 120 cm³/mol. The van der Waals surface area contributed by atoms with Crippen molar-refractivity contribution >= 4 is 23.2 Å². The first kappa shape index (κ1) is 23.1. The van der Waals surface area contributed by atoms with Crippen LogP contribution in [0.25, 0.3) is 0 Å². The Morgan fingerprint density at radius 1 is 1.25 bits per heavy atom. The van der Waals surface area contributed by atoms with Gasteiger partial charge in [0, 0.05) is 44.0 Å². The van der Waals surface area contributed by atoms with Gasteiger partial charge in [-0.25, -0.2) is 0 Å². The van der Waals surface area contributed by atoms with Gasteiger partial charge in [-0.05, 0) is 44.0 Å². The van der Waals surface area contributed by atoms with Gasteiger partial charge in [-0.15, -0.1) is 0 Å². The Kier molecular flexibility index (Phi) is 7.72. The van der Waals surface area contributed by atoms with Crippen LogP contribution in [0.3, 0.4) is 0 Å². The average molecular weight is 441 g/mol. The number of pyridine rings is 1. The van der Waals surface area contributed by atoms with Crippen molar-refractivity contribution in [3.63, 3.8) is 0 Å². The standard InChI is InChI=1S/C22H28N6O4/c1-15(18-5-3-4-10-24-18)25-19-7-6-16(13-20(19)28(31)32)22(30)26-17-8-11-27(12-9-17)14-21(29)23-2/h3-7,10,13,15,17,25H,8-9,11-12,14H2,1-2H3,(H,23,29)(H,26,30). The number of carbonyl (C=O) groups excluding carboxylic acids is 2. The molecule has 1 saturated heterocycles. The highest BCUT2D eigenvalue weighted by molar-refractivity contribution is 5.96. The molecule has 1 atom stereocenters. The van der Waals surface area contributed by atoms with E-state index in [0.29, 0.717) is 38.2 Å². The molecule has 32 heavy (non-hydrogen) atoms. The largest absolute Gasteiger partial charge is 0.371 e. The van der Waals surface area contributed by atoms with Gasteiger partial charge in [-0.2, -0.15) is 0 Å². The number of hydrogen-bond donors (Lipinski definition) is 3. The number of nitro benzene ring substituents is 1. The molecule has 10 nitrogen and oxygen atoms in total. The number of nitrogens with zero attached hydrogens (tertiary/aromatic N) is 3. The molecule has 2 amide bonds. The van der Waals surface area contributed by atoms with Crippen LogP contribution in [0.2, 0.25) is 0 Å². The number of hydrogen-bond acceptors (Lipinski definition) is 7. The first-order valence-electron chi connectivity index (χ1n) is 10.6. The van der Waals surface area contributed by atoms with Crippen molar-refractivity contribution in [3.8, 4) is 0 Å². The number of nitro groups is 1. The van der Waals surface area contributed by atoms with Crippen LogP contribution < -0.4 is 16.0 Å². The van der Waals surface area contributed by atoms with Crippen molar-refractivity contribution in [2.75, 3.05) is 32.0 Å². The zero-order chi connectivity index (χ0) is 23.1. The second-order valence-electron chi connectivity index (χ2n) is 7.81. The van der Waals surface area contributed by atoms with Crippen LogP contribution in [0.4, 0.5) is 11.4 Å². The third kappa shape index (κ3) is 6.01. The van der Waals surface area contributed by atoms with Crippen LogP contribution in [0.15, 0.2) is 42.6 Å². The Morgan fingerprint density at radius 2 is 2.00 bits per heavy atom. The number of carbonyl (C=O) groups is 2. The van der Waals surface area contributed by atoms with E-state index in [4.69, 9.17) is 0 Å². The van der Waals surface area contributed by atoms with Crippen molar-refractivity contribution in [3.05, 3.63) is 64.0 Å². The number of benzene rings is 1. The summed E-state index contributed by atoms with van der Waals surface area (Å²) in [6.45, 7) is 3.61. The summed E-state index contributed by atoms with van der Waals surface area (Å²) in [5, 5.41) is 20.3. The fourth-order valence-corrected chi connectivity index (χ4v) is 3.67. The molecule has 2 heterocycles. The van der Waals surface area contributed by atoms with Crippen molar-refractivity contribution in [1.29, 1.82) is 0 Å². The van der Waals surface area contributed by atoms with Crippen LogP contribution >= 0.6 is 0 Å². The molecule has 2 aromatic rings. The molecule has 1 aromatic carbocycles. The Hall–Kier alpha value is -3.53. The third-order valence-electron chi connectivity index (χ3n) is 5.53. The number of nitrogens with one attached hydrogen (secondary N) is 3. The molecule has 3 N–H and O–H groups in total. The van der Waals surface area contributed by atoms with E-state index in [1.807, 2.05) is 24.0 Å². The van der Waals surface area contributed by atoms with Crippen LogP contribution in [-0.4, -0.2) is 59.3 Å². The van der Waals surface area contributed by atoms with Gasteiger partial charge < -0.3 is 16.0 Å². The molecule has 170 valence electrons. The van der Waals surface area contributed by atoms with Crippen LogP contribution in [-0.2, 0) is 4.79 Å². The van der Waals surface area contributed by atoms with E-state index in [-0.39, 0.29) is 35.1 Å². The summed E-state index contributed by atoms with van der Waals surface area (Å²) in [4.78, 5) is 41.6. The lowest BCUT2D eigenvalue weighted by Crippen LogP contribution is -2.47. The summed E-state index contributed by atoms with van der Waals surface area (Å²) in [7, 11) is 1.61. The van der Waals surface area contributed by atoms with Crippen molar-refractivity contribution in [2.45, 2.75) is 31.8 Å². The number of aromatic nitrogens is 1. The second kappa shape index (κ2) is 10.7. The Labute approximate surface area is 186 Å². The van der Waals surface area contributed by atoms with Gasteiger partial charge in [0.25, 0.3) is 11.6 Å². The molecular weight excluding hydrogens is 412 g/mol. The molecule has 1 fully saturated rings. The fourth-order valence-electron chi connectivity index (χ4n) is 3.67. The average Bonchev–Trinajstić information content (AvgIpc) is 2.80. The van der Waals surface area contributed by atoms with E-state index in [1.54, 1.807) is 31.4 Å². The van der Waals surface area contributed by atoms with Gasteiger partial charge in [0.1, 0.15) is 5.69 Å². The summed E-state index contributed by atoms with van der Waals surface area (Å²) < 4.78 is 0. The van der Waals surface area contributed by atoms with E-state index >= 15 is 0 Å². The molecule has 0 bridgehead atoms. The molecule has 0 saturated carbocycles. The summed E-state index contributed by atoms with van der Waals surface area (Å²) in [5.41, 5.74) is 1.15. The van der Waals surface area contributed by atoms with Gasteiger partial charge >= 0.3 is 0 Å². The quantitative estimate of drug-likeness (QED) is 0.423. The number of likely N-dealkylation sites (N-methyl/N-ethyl adjacent to an activating group) is 1. The summed E-state index contributed by atoms with van der Waals surface area (Å²) >= 11 is 0. The highest BCUT2D eigenvalue weighted by Crippen LogP contribution is 2.29. The van der Waals surface area contributed by atoms with Gasteiger partial charge in [-0.1, -0.05) is 6.07 Å². The monoisotopic (exact) mass is 440 g/mol. The minimum atomic E-state index is -0.498. The number of piperidine rings is 1. The highest BCUT2D eigenvalue weighted by atomic mass is 16.6. The molecule has 1 aromatic heterocycles. The Morgan fingerprint density at radius 3 is 2.62 bits per heavy atom. The minimum Gasteiger partial charge on any atom is -0.371 e. The minimum absolute atomic E-state index is 0.0362. The maximum atomic E-state index is 12.7. The van der Waals surface area contributed by atoms with E-state index in [1.165, 1.54) is 6.07 Å². The van der Waals surface area contributed by atoms with E-state index < -0.39 is 4.92 Å². The molecule has 1 aliphatic heterocycles. The molecule has 10 heteroatoms. The molecule has 3 rings (SSSR count). The van der Waals surface area contributed by atoms with Gasteiger partial charge in [-0.3, -0.25) is 29.6 Å². The van der Waals surface area contributed by atoms with Gasteiger partial charge in [0.05, 0.1) is 23.2 Å². The first-order chi connectivity index (χ1) is 15.4. The smallest absolute Gasteiger partial charge is 0.293 e. The maximum absolute atomic E-state index is 12.7. The number of anilines is 1. The zero-order valence-corrected chi connectivity index (χ0v) is 18.2. The first-order valence-corrected chi connectivity index (χ1v) is 10.6. The Balaban J connectivity index is 1.63. The topological polar surface area (TPSA) is 130 Å². The van der Waals surface area contributed by atoms with Crippen molar-refractivity contribution in [1.82, 2.24) is 20.5 Å². The molecule has 0 radical (unpaired) electrons. The number of amides is 2. The molecular formula is C22H28N6O4. The van der Waals surface area contributed by atoms with E-state index in [9.17, 15) is 19.7 Å². The van der Waals surface area contributed by atoms with Gasteiger partial charge in [0.2, 0.25) is 5.91 Å². The third-order valence-corrected chi connectivity index (χ3v) is 5.53. The van der Waals surface area contributed by atoms with E-state index in [2.05, 4.69) is 20.9 Å². The van der Waals surface area contributed by atoms with Gasteiger partial charge in [0.15, 0.2) is 0 Å². The summed E-state index contributed by atoms with van der Waals surface area (Å²) in [6, 6.07) is 9.64. The molecule has 0 aliphatic carbocycles.